The summed E-state index contributed by atoms with van der Waals surface area (Å²) in [4.78, 5) is 25.8. The Hall–Kier alpha value is -1.79. The lowest BCUT2D eigenvalue weighted by molar-refractivity contribution is -0.143. The van der Waals surface area contributed by atoms with Crippen molar-refractivity contribution in [3.05, 3.63) is 28.8 Å². The van der Waals surface area contributed by atoms with Crippen LogP contribution in [0.1, 0.15) is 5.56 Å². The zero-order chi connectivity index (χ0) is 12.8. The molecule has 0 heterocycles. The van der Waals surface area contributed by atoms with Crippen molar-refractivity contribution in [1.82, 2.24) is 5.48 Å². The number of amides is 2. The maximum absolute atomic E-state index is 11.3. The molecule has 0 saturated heterocycles. The maximum atomic E-state index is 11.3. The molecule has 7 heteroatoms. The zero-order valence-corrected chi connectivity index (χ0v) is 9.75. The smallest absolute Gasteiger partial charge is 0.343 e. The molecular weight excluding hydrogens is 248 g/mol. The predicted molar refractivity (Wildman–Crippen MR) is 61.9 cm³/mol. The highest BCUT2D eigenvalue weighted by atomic mass is 35.5. The summed E-state index contributed by atoms with van der Waals surface area (Å²) in [5, 5.41) is 11.2. The Morgan fingerprint density at radius 1 is 1.47 bits per heavy atom. The number of carboxylic acids is 1. The number of carbonyl (C=O) groups is 2. The second-order valence-electron chi connectivity index (χ2n) is 3.20. The Kier molecular flexibility index (Phi) is 4.74. The van der Waals surface area contributed by atoms with Crippen molar-refractivity contribution in [2.45, 2.75) is 6.92 Å². The largest absolute Gasteiger partial charge is 0.479 e. The Morgan fingerprint density at radius 3 is 2.82 bits per heavy atom. The summed E-state index contributed by atoms with van der Waals surface area (Å²) in [7, 11) is 0. The minimum atomic E-state index is -1.18. The average molecular weight is 259 g/mol. The highest BCUT2D eigenvalue weighted by Crippen LogP contribution is 2.19. The molecule has 0 spiro atoms. The monoisotopic (exact) mass is 258 g/mol. The Morgan fingerprint density at radius 2 is 2.18 bits per heavy atom. The van der Waals surface area contributed by atoms with E-state index in [-0.39, 0.29) is 0 Å². The first-order valence-corrected chi connectivity index (χ1v) is 5.03. The number of hydrogen-bond donors (Lipinski definition) is 3. The van der Waals surface area contributed by atoms with Gasteiger partial charge in [0.15, 0.2) is 6.61 Å². The SMILES string of the molecule is Cc1ccc(Cl)cc1NC(=O)NOCC(=O)O. The van der Waals surface area contributed by atoms with E-state index in [1.807, 2.05) is 5.48 Å². The number of hydroxylamine groups is 1. The molecule has 1 aromatic carbocycles. The summed E-state index contributed by atoms with van der Waals surface area (Å²) >= 11 is 5.77. The van der Waals surface area contributed by atoms with E-state index in [4.69, 9.17) is 16.7 Å². The van der Waals surface area contributed by atoms with Crippen LogP contribution in [0.5, 0.6) is 0 Å². The molecule has 2 amide bonds. The standard InChI is InChI=1S/C10H11ClN2O4/c1-6-2-3-7(11)4-8(6)12-10(16)13-17-5-9(14)15/h2-4H,5H2,1H3,(H,14,15)(H2,12,13,16). The molecule has 6 nitrogen and oxygen atoms in total. The molecule has 17 heavy (non-hydrogen) atoms. The molecule has 0 atom stereocenters. The van der Waals surface area contributed by atoms with Gasteiger partial charge in [-0.15, -0.1) is 0 Å². The lowest BCUT2D eigenvalue weighted by atomic mass is 10.2. The quantitative estimate of drug-likeness (QED) is 0.719. The van der Waals surface area contributed by atoms with Crippen molar-refractivity contribution in [2.75, 3.05) is 11.9 Å². The normalized spacial score (nSPS) is 9.76. The van der Waals surface area contributed by atoms with Crippen molar-refractivity contribution >= 4 is 29.3 Å². The molecule has 0 fully saturated rings. The Labute approximate surface area is 102 Å². The van der Waals surface area contributed by atoms with Gasteiger partial charge in [-0.2, -0.15) is 0 Å². The van der Waals surface area contributed by atoms with Crippen LogP contribution in [0.2, 0.25) is 5.02 Å². The number of anilines is 1. The van der Waals surface area contributed by atoms with Gasteiger partial charge in [0.25, 0.3) is 0 Å². The first-order valence-electron chi connectivity index (χ1n) is 4.66. The van der Waals surface area contributed by atoms with Gasteiger partial charge in [-0.3, -0.25) is 4.84 Å². The van der Waals surface area contributed by atoms with E-state index >= 15 is 0 Å². The van der Waals surface area contributed by atoms with Gasteiger partial charge in [-0.25, -0.2) is 15.1 Å². The van der Waals surface area contributed by atoms with E-state index in [1.54, 1.807) is 25.1 Å². The van der Waals surface area contributed by atoms with Crippen LogP contribution < -0.4 is 10.8 Å². The minimum absolute atomic E-state index is 0.484. The van der Waals surface area contributed by atoms with E-state index in [0.717, 1.165) is 5.56 Å². The topological polar surface area (TPSA) is 87.7 Å². The molecular formula is C10H11ClN2O4. The second kappa shape index (κ2) is 6.07. The number of rotatable bonds is 4. The van der Waals surface area contributed by atoms with Crippen molar-refractivity contribution in [3.8, 4) is 0 Å². The molecule has 0 aliphatic heterocycles. The fourth-order valence-corrected chi connectivity index (χ4v) is 1.21. The van der Waals surface area contributed by atoms with E-state index in [1.165, 1.54) is 0 Å². The van der Waals surface area contributed by atoms with Gasteiger partial charge in [0.1, 0.15) is 0 Å². The van der Waals surface area contributed by atoms with Gasteiger partial charge in [-0.05, 0) is 24.6 Å². The van der Waals surface area contributed by atoms with E-state index in [9.17, 15) is 9.59 Å². The average Bonchev–Trinajstić information content (AvgIpc) is 2.23. The lowest BCUT2D eigenvalue weighted by Crippen LogP contribution is -2.31. The van der Waals surface area contributed by atoms with E-state index in [2.05, 4.69) is 10.2 Å². The molecule has 1 rings (SSSR count). The number of aryl methyl sites for hydroxylation is 1. The molecule has 92 valence electrons. The fourth-order valence-electron chi connectivity index (χ4n) is 1.04. The van der Waals surface area contributed by atoms with E-state index < -0.39 is 18.6 Å². The number of aliphatic carboxylic acids is 1. The van der Waals surface area contributed by atoms with Crippen molar-refractivity contribution in [1.29, 1.82) is 0 Å². The van der Waals surface area contributed by atoms with Crippen LogP contribution >= 0.6 is 11.6 Å². The van der Waals surface area contributed by atoms with Crippen LogP contribution in [0.15, 0.2) is 18.2 Å². The van der Waals surface area contributed by atoms with Gasteiger partial charge in [0.05, 0.1) is 0 Å². The van der Waals surface area contributed by atoms with Gasteiger partial charge in [-0.1, -0.05) is 17.7 Å². The number of benzene rings is 1. The lowest BCUT2D eigenvalue weighted by Gasteiger charge is -2.09. The maximum Gasteiger partial charge on any atom is 0.343 e. The number of urea groups is 1. The first kappa shape index (κ1) is 13.3. The molecule has 0 aromatic heterocycles. The summed E-state index contributed by atoms with van der Waals surface area (Å²) in [6, 6.07) is 4.35. The number of halogens is 1. The number of hydrogen-bond acceptors (Lipinski definition) is 3. The van der Waals surface area contributed by atoms with Gasteiger partial charge >= 0.3 is 12.0 Å². The highest BCUT2D eigenvalue weighted by Gasteiger charge is 2.05. The molecule has 0 bridgehead atoms. The highest BCUT2D eigenvalue weighted by molar-refractivity contribution is 6.31. The van der Waals surface area contributed by atoms with Crippen LogP contribution in [0, 0.1) is 6.92 Å². The molecule has 0 unspecified atom stereocenters. The first-order chi connectivity index (χ1) is 7.99. The predicted octanol–water partition coefficient (Wildman–Crippen LogP) is 1.79. The van der Waals surface area contributed by atoms with Crippen LogP contribution in [0.3, 0.4) is 0 Å². The van der Waals surface area contributed by atoms with E-state index in [0.29, 0.717) is 10.7 Å². The summed E-state index contributed by atoms with van der Waals surface area (Å²) in [5.41, 5.74) is 3.28. The summed E-state index contributed by atoms with van der Waals surface area (Å²) in [6.07, 6.45) is 0. The van der Waals surface area contributed by atoms with Gasteiger partial charge in [0, 0.05) is 10.7 Å². The number of nitrogens with one attached hydrogen (secondary N) is 2. The van der Waals surface area contributed by atoms with Crippen LogP contribution in [-0.4, -0.2) is 23.7 Å². The fraction of sp³-hybridized carbons (Fsp3) is 0.200. The van der Waals surface area contributed by atoms with Crippen LogP contribution in [-0.2, 0) is 9.63 Å². The molecule has 1 aromatic rings. The third kappa shape index (κ3) is 4.71. The third-order valence-corrected chi connectivity index (χ3v) is 2.04. The molecule has 0 aliphatic rings. The van der Waals surface area contributed by atoms with Crippen molar-refractivity contribution in [3.63, 3.8) is 0 Å². The molecule has 3 N–H and O–H groups in total. The summed E-state index contributed by atoms with van der Waals surface area (Å²) in [6.45, 7) is 1.19. The van der Waals surface area contributed by atoms with Gasteiger partial charge in [0.2, 0.25) is 0 Å². The molecule has 0 aliphatic carbocycles. The van der Waals surface area contributed by atoms with Crippen molar-refractivity contribution < 1.29 is 19.5 Å². The van der Waals surface area contributed by atoms with Gasteiger partial charge < -0.3 is 10.4 Å². The molecule has 0 radical (unpaired) electrons. The Balaban J connectivity index is 2.50. The summed E-state index contributed by atoms with van der Waals surface area (Å²) < 4.78 is 0. The second-order valence-corrected chi connectivity index (χ2v) is 3.63. The summed E-state index contributed by atoms with van der Waals surface area (Å²) in [5.74, 6) is -1.18. The third-order valence-electron chi connectivity index (χ3n) is 1.81. The minimum Gasteiger partial charge on any atom is -0.479 e. The molecule has 0 saturated carbocycles. The number of carboxylic acid groups (broad SMARTS) is 1. The zero-order valence-electron chi connectivity index (χ0n) is 8.99. The van der Waals surface area contributed by atoms with Crippen LogP contribution in [0.25, 0.3) is 0 Å². The van der Waals surface area contributed by atoms with Crippen molar-refractivity contribution in [2.24, 2.45) is 0 Å². The Bertz CT molecular complexity index is 436. The number of carbonyl (C=O) groups excluding carboxylic acids is 1. The van der Waals surface area contributed by atoms with Crippen LogP contribution in [0.4, 0.5) is 10.5 Å².